The van der Waals surface area contributed by atoms with Crippen LogP contribution in [0.15, 0.2) is 12.3 Å². The monoisotopic (exact) mass is 281 g/mol. The van der Waals surface area contributed by atoms with E-state index in [4.69, 9.17) is 0 Å². The molecule has 0 atom stereocenters. The Bertz CT molecular complexity index is 568. The quantitative estimate of drug-likeness (QED) is 0.936. The second-order valence-corrected chi connectivity index (χ2v) is 5.12. The van der Waals surface area contributed by atoms with E-state index < -0.39 is 0 Å². The van der Waals surface area contributed by atoms with Gasteiger partial charge in [-0.3, -0.25) is 9.36 Å². The lowest BCUT2D eigenvalue weighted by Crippen LogP contribution is -2.04. The number of nitrogens with one attached hydrogen (secondary N) is 1. The van der Waals surface area contributed by atoms with Gasteiger partial charge in [0.2, 0.25) is 0 Å². The average Bonchev–Trinajstić information content (AvgIpc) is 3.02. The number of anilines is 1. The Morgan fingerprint density at radius 2 is 2.05 bits per heavy atom. The van der Waals surface area contributed by atoms with Crippen LogP contribution in [0.1, 0.15) is 35.7 Å². The van der Waals surface area contributed by atoms with E-state index in [-0.39, 0.29) is 12.4 Å². The van der Waals surface area contributed by atoms with Crippen molar-refractivity contribution in [1.82, 2.24) is 19.6 Å². The highest BCUT2D eigenvalue weighted by Gasteiger charge is 2.26. The van der Waals surface area contributed by atoms with Gasteiger partial charge >= 0.3 is 0 Å². The highest BCUT2D eigenvalue weighted by Crippen LogP contribution is 2.39. The van der Waals surface area contributed by atoms with E-state index in [1.165, 1.54) is 24.1 Å². The summed E-state index contributed by atoms with van der Waals surface area (Å²) >= 11 is 0. The number of nitrogens with zero attached hydrogens (tertiary/aromatic N) is 4. The van der Waals surface area contributed by atoms with Crippen LogP contribution in [0.25, 0.3) is 0 Å². The lowest BCUT2D eigenvalue weighted by Gasteiger charge is -2.04. The zero-order chi connectivity index (χ0) is 12.7. The Morgan fingerprint density at radius 3 is 2.63 bits per heavy atom. The van der Waals surface area contributed by atoms with Gasteiger partial charge in [0.25, 0.3) is 0 Å². The number of rotatable bonds is 4. The highest BCUT2D eigenvalue weighted by atomic mass is 35.5. The summed E-state index contributed by atoms with van der Waals surface area (Å²) in [7, 11) is 3.94. The zero-order valence-corrected chi connectivity index (χ0v) is 12.4. The maximum atomic E-state index is 4.55. The smallest absolute Gasteiger partial charge is 0.124 e. The van der Waals surface area contributed by atoms with E-state index in [9.17, 15) is 0 Å². The molecule has 0 amide bonds. The first kappa shape index (κ1) is 13.9. The van der Waals surface area contributed by atoms with Gasteiger partial charge < -0.3 is 5.32 Å². The fraction of sp³-hybridized carbons (Fsp3) is 0.538. The SMILES string of the molecule is Cc1nn(C)cc1CNc1cc(C2CC2)nn1C.Cl. The van der Waals surface area contributed by atoms with Crippen molar-refractivity contribution in [2.75, 3.05) is 5.32 Å². The Morgan fingerprint density at radius 1 is 1.32 bits per heavy atom. The van der Waals surface area contributed by atoms with E-state index in [0.29, 0.717) is 5.92 Å². The Kier molecular flexibility index (Phi) is 3.85. The summed E-state index contributed by atoms with van der Waals surface area (Å²) in [6.45, 7) is 2.83. The molecule has 0 saturated heterocycles. The van der Waals surface area contributed by atoms with Gasteiger partial charge in [-0.25, -0.2) is 0 Å². The van der Waals surface area contributed by atoms with Crippen LogP contribution in [-0.4, -0.2) is 19.6 Å². The standard InChI is InChI=1S/C13H19N5.ClH/c1-9-11(8-17(2)15-9)7-14-13-6-12(10-4-5-10)16-18(13)3;/h6,8,10,14H,4-5,7H2,1-3H3;1H. The van der Waals surface area contributed by atoms with Crippen molar-refractivity contribution in [1.29, 1.82) is 0 Å². The van der Waals surface area contributed by atoms with Crippen molar-refractivity contribution in [3.63, 3.8) is 0 Å². The topological polar surface area (TPSA) is 47.7 Å². The Labute approximate surface area is 119 Å². The van der Waals surface area contributed by atoms with Gasteiger partial charge in [0, 0.05) is 44.4 Å². The van der Waals surface area contributed by atoms with Crippen molar-refractivity contribution in [3.05, 3.63) is 29.2 Å². The molecule has 1 saturated carbocycles. The summed E-state index contributed by atoms with van der Waals surface area (Å²) in [5, 5.41) is 12.3. The molecule has 2 heterocycles. The van der Waals surface area contributed by atoms with Gasteiger partial charge in [-0.1, -0.05) is 0 Å². The fourth-order valence-corrected chi connectivity index (χ4v) is 2.24. The molecule has 0 aliphatic heterocycles. The second kappa shape index (κ2) is 5.25. The third-order valence-electron chi connectivity index (χ3n) is 3.47. The molecule has 0 unspecified atom stereocenters. The molecular formula is C13H20ClN5. The first-order chi connectivity index (χ1) is 8.63. The molecule has 6 heteroatoms. The number of halogens is 1. The van der Waals surface area contributed by atoms with Crippen LogP contribution < -0.4 is 5.32 Å². The van der Waals surface area contributed by atoms with Crippen LogP contribution in [0.5, 0.6) is 0 Å². The van der Waals surface area contributed by atoms with Crippen molar-refractivity contribution in [3.8, 4) is 0 Å². The number of hydrogen-bond donors (Lipinski definition) is 1. The van der Waals surface area contributed by atoms with Crippen LogP contribution in [0.2, 0.25) is 0 Å². The van der Waals surface area contributed by atoms with E-state index in [1.807, 2.05) is 30.4 Å². The van der Waals surface area contributed by atoms with Crippen LogP contribution in [0.4, 0.5) is 5.82 Å². The van der Waals surface area contributed by atoms with E-state index in [0.717, 1.165) is 18.1 Å². The lowest BCUT2D eigenvalue weighted by atomic mass is 10.2. The zero-order valence-electron chi connectivity index (χ0n) is 11.6. The molecule has 1 aliphatic rings. The van der Waals surface area contributed by atoms with Crippen molar-refractivity contribution in [2.24, 2.45) is 14.1 Å². The molecule has 0 bridgehead atoms. The van der Waals surface area contributed by atoms with Gasteiger partial charge in [0.1, 0.15) is 5.82 Å². The largest absolute Gasteiger partial charge is 0.366 e. The molecule has 19 heavy (non-hydrogen) atoms. The molecule has 0 radical (unpaired) electrons. The van der Waals surface area contributed by atoms with Crippen molar-refractivity contribution >= 4 is 18.2 Å². The van der Waals surface area contributed by atoms with Gasteiger partial charge in [0.05, 0.1) is 11.4 Å². The maximum Gasteiger partial charge on any atom is 0.124 e. The average molecular weight is 282 g/mol. The van der Waals surface area contributed by atoms with Crippen LogP contribution in [-0.2, 0) is 20.6 Å². The molecule has 0 aromatic carbocycles. The molecule has 3 rings (SSSR count). The minimum Gasteiger partial charge on any atom is -0.366 e. The first-order valence-corrected chi connectivity index (χ1v) is 6.40. The molecule has 2 aromatic rings. The van der Waals surface area contributed by atoms with E-state index >= 15 is 0 Å². The summed E-state index contributed by atoms with van der Waals surface area (Å²) in [5.74, 6) is 1.78. The minimum atomic E-state index is 0. The maximum absolute atomic E-state index is 4.55. The number of hydrogen-bond acceptors (Lipinski definition) is 3. The van der Waals surface area contributed by atoms with Crippen LogP contribution >= 0.6 is 12.4 Å². The third-order valence-corrected chi connectivity index (χ3v) is 3.47. The molecule has 5 nitrogen and oxygen atoms in total. The summed E-state index contributed by atoms with van der Waals surface area (Å²) in [4.78, 5) is 0. The van der Waals surface area contributed by atoms with Gasteiger partial charge in [-0.05, 0) is 19.8 Å². The molecule has 1 N–H and O–H groups in total. The number of aryl methyl sites for hydroxylation is 3. The molecule has 1 fully saturated rings. The summed E-state index contributed by atoms with van der Waals surface area (Å²) in [5.41, 5.74) is 3.53. The van der Waals surface area contributed by atoms with Crippen molar-refractivity contribution < 1.29 is 0 Å². The van der Waals surface area contributed by atoms with Gasteiger partial charge in [-0.15, -0.1) is 12.4 Å². The minimum absolute atomic E-state index is 0. The van der Waals surface area contributed by atoms with E-state index in [2.05, 4.69) is 27.8 Å². The second-order valence-electron chi connectivity index (χ2n) is 5.12. The fourth-order valence-electron chi connectivity index (χ4n) is 2.24. The van der Waals surface area contributed by atoms with E-state index in [1.54, 1.807) is 0 Å². The summed E-state index contributed by atoms with van der Waals surface area (Å²) in [6, 6.07) is 2.17. The summed E-state index contributed by atoms with van der Waals surface area (Å²) in [6.07, 6.45) is 4.64. The van der Waals surface area contributed by atoms with Gasteiger partial charge in [-0.2, -0.15) is 10.2 Å². The van der Waals surface area contributed by atoms with Crippen molar-refractivity contribution in [2.45, 2.75) is 32.2 Å². The number of aromatic nitrogens is 4. The normalized spacial score (nSPS) is 14.3. The first-order valence-electron chi connectivity index (χ1n) is 6.40. The molecule has 0 spiro atoms. The predicted molar refractivity (Wildman–Crippen MR) is 77.7 cm³/mol. The molecule has 2 aromatic heterocycles. The van der Waals surface area contributed by atoms with Crippen LogP contribution in [0, 0.1) is 6.92 Å². The highest BCUT2D eigenvalue weighted by molar-refractivity contribution is 5.85. The predicted octanol–water partition coefficient (Wildman–Crippen LogP) is 2.37. The Hall–Kier alpha value is -1.49. The lowest BCUT2D eigenvalue weighted by molar-refractivity contribution is 0.745. The Balaban J connectivity index is 0.00000133. The molecule has 1 aliphatic carbocycles. The molecular weight excluding hydrogens is 262 g/mol. The third kappa shape index (κ3) is 2.92. The molecule has 104 valence electrons. The van der Waals surface area contributed by atoms with Gasteiger partial charge in [0.15, 0.2) is 0 Å². The van der Waals surface area contributed by atoms with Crippen LogP contribution in [0.3, 0.4) is 0 Å². The summed E-state index contributed by atoms with van der Waals surface area (Å²) < 4.78 is 3.78.